The fraction of sp³-hybridized carbons (Fsp3) is 0.846. The summed E-state index contributed by atoms with van der Waals surface area (Å²) in [6.45, 7) is 0.575. The Kier molecular flexibility index (Phi) is 4.75. The van der Waals surface area contributed by atoms with Crippen LogP contribution in [0.2, 0.25) is 0 Å². The van der Waals surface area contributed by atoms with Crippen LogP contribution in [0.4, 0.5) is 4.79 Å². The summed E-state index contributed by atoms with van der Waals surface area (Å²) in [7, 11) is -3.06. The highest BCUT2D eigenvalue weighted by atomic mass is 32.2. The lowest BCUT2D eigenvalue weighted by Gasteiger charge is -2.32. The van der Waals surface area contributed by atoms with Gasteiger partial charge in [0.15, 0.2) is 9.84 Å². The molecule has 1 aliphatic carbocycles. The molecule has 0 spiro atoms. The molecule has 0 unspecified atom stereocenters. The first-order valence-corrected chi connectivity index (χ1v) is 9.13. The van der Waals surface area contributed by atoms with Crippen LogP contribution >= 0.6 is 0 Å². The number of rotatable bonds is 3. The van der Waals surface area contributed by atoms with Crippen molar-refractivity contribution in [2.75, 3.05) is 24.6 Å². The van der Waals surface area contributed by atoms with Crippen molar-refractivity contribution in [3.8, 4) is 0 Å². The van der Waals surface area contributed by atoms with Gasteiger partial charge in [-0.1, -0.05) is 12.8 Å². The van der Waals surface area contributed by atoms with E-state index < -0.39 is 21.3 Å². The largest absolute Gasteiger partial charge is 0.481 e. The Morgan fingerprint density at radius 2 is 1.76 bits per heavy atom. The fourth-order valence-corrected chi connectivity index (χ4v) is 4.41. The number of amides is 2. The van der Waals surface area contributed by atoms with Gasteiger partial charge in [-0.3, -0.25) is 4.79 Å². The normalized spacial score (nSPS) is 24.3. The van der Waals surface area contributed by atoms with E-state index in [1.54, 1.807) is 0 Å². The second-order valence-electron chi connectivity index (χ2n) is 5.98. The van der Waals surface area contributed by atoms with Crippen LogP contribution in [0.25, 0.3) is 0 Å². The van der Waals surface area contributed by atoms with Gasteiger partial charge in [0.25, 0.3) is 0 Å². The number of aliphatic carboxylic acids is 1. The molecule has 2 N–H and O–H groups in total. The van der Waals surface area contributed by atoms with Crippen LogP contribution in [-0.2, 0) is 14.6 Å². The molecule has 2 amide bonds. The quantitative estimate of drug-likeness (QED) is 0.793. The van der Waals surface area contributed by atoms with E-state index in [-0.39, 0.29) is 30.5 Å². The number of carboxylic acids is 1. The minimum Gasteiger partial charge on any atom is -0.481 e. The molecule has 1 saturated carbocycles. The molecule has 0 bridgehead atoms. The minimum atomic E-state index is -3.06. The number of nitrogens with zero attached hydrogens (tertiary/aromatic N) is 1. The number of urea groups is 1. The third-order valence-corrected chi connectivity index (χ3v) is 5.98. The van der Waals surface area contributed by atoms with Crippen LogP contribution in [0.15, 0.2) is 0 Å². The van der Waals surface area contributed by atoms with Crippen molar-refractivity contribution >= 4 is 21.8 Å². The maximum atomic E-state index is 12.3. The van der Waals surface area contributed by atoms with Crippen molar-refractivity contribution < 1.29 is 23.1 Å². The zero-order chi connectivity index (χ0) is 15.5. The van der Waals surface area contributed by atoms with Crippen molar-refractivity contribution in [3.63, 3.8) is 0 Å². The summed E-state index contributed by atoms with van der Waals surface area (Å²) in [6.07, 6.45) is 3.49. The van der Waals surface area contributed by atoms with Gasteiger partial charge in [0.2, 0.25) is 0 Å². The molecule has 1 heterocycles. The van der Waals surface area contributed by atoms with Crippen molar-refractivity contribution in [1.29, 1.82) is 0 Å². The maximum Gasteiger partial charge on any atom is 0.317 e. The highest BCUT2D eigenvalue weighted by Crippen LogP contribution is 2.32. The predicted octanol–water partition coefficient (Wildman–Crippen LogP) is 0.604. The van der Waals surface area contributed by atoms with E-state index in [2.05, 4.69) is 5.32 Å². The molecule has 0 aromatic carbocycles. The van der Waals surface area contributed by atoms with Crippen LogP contribution < -0.4 is 5.32 Å². The summed E-state index contributed by atoms with van der Waals surface area (Å²) in [5, 5.41) is 11.9. The standard InChI is InChI=1S/C13H22N2O5S/c16-11(17)10-13(4-1-2-5-13)14-12(18)15-6-3-8-21(19,20)9-7-15/h1-10H2,(H,14,18)(H,16,17). The molecule has 120 valence electrons. The molecule has 8 heteroatoms. The molecular formula is C13H22N2O5S. The second kappa shape index (κ2) is 6.21. The SMILES string of the molecule is O=C(O)CC1(NC(=O)N2CCCS(=O)(=O)CC2)CCCC1. The molecule has 0 radical (unpaired) electrons. The molecule has 0 aromatic heterocycles. The molecular weight excluding hydrogens is 296 g/mol. The van der Waals surface area contributed by atoms with Gasteiger partial charge in [-0.05, 0) is 19.3 Å². The summed E-state index contributed by atoms with van der Waals surface area (Å²) >= 11 is 0. The van der Waals surface area contributed by atoms with E-state index in [0.717, 1.165) is 12.8 Å². The Balaban J connectivity index is 2.00. The topological polar surface area (TPSA) is 104 Å². The lowest BCUT2D eigenvalue weighted by Crippen LogP contribution is -2.53. The first-order valence-electron chi connectivity index (χ1n) is 7.31. The van der Waals surface area contributed by atoms with E-state index in [9.17, 15) is 18.0 Å². The van der Waals surface area contributed by atoms with Crippen LogP contribution in [0.3, 0.4) is 0 Å². The lowest BCUT2D eigenvalue weighted by molar-refractivity contribution is -0.138. The van der Waals surface area contributed by atoms with E-state index in [1.807, 2.05) is 0 Å². The summed E-state index contributed by atoms with van der Waals surface area (Å²) in [5.74, 6) is -0.834. The van der Waals surface area contributed by atoms with Crippen molar-refractivity contribution in [2.45, 2.75) is 44.1 Å². The van der Waals surface area contributed by atoms with Gasteiger partial charge in [0, 0.05) is 13.1 Å². The Hall–Kier alpha value is -1.31. The van der Waals surface area contributed by atoms with Gasteiger partial charge >= 0.3 is 12.0 Å². The number of nitrogens with one attached hydrogen (secondary N) is 1. The molecule has 7 nitrogen and oxygen atoms in total. The lowest BCUT2D eigenvalue weighted by atomic mass is 9.93. The molecule has 0 aromatic rings. The van der Waals surface area contributed by atoms with Crippen LogP contribution in [0.1, 0.15) is 38.5 Å². The highest BCUT2D eigenvalue weighted by Gasteiger charge is 2.38. The molecule has 0 atom stereocenters. The Bertz CT molecular complexity index is 511. The summed E-state index contributed by atoms with van der Waals surface area (Å²) in [5.41, 5.74) is -0.673. The fourth-order valence-electron chi connectivity index (χ4n) is 3.13. The number of hydrogen-bond acceptors (Lipinski definition) is 4. The predicted molar refractivity (Wildman–Crippen MR) is 76.8 cm³/mol. The highest BCUT2D eigenvalue weighted by molar-refractivity contribution is 7.91. The average Bonchev–Trinajstić information content (AvgIpc) is 2.71. The maximum absolute atomic E-state index is 12.3. The smallest absolute Gasteiger partial charge is 0.317 e. The summed E-state index contributed by atoms with van der Waals surface area (Å²) in [6, 6.07) is -0.338. The molecule has 2 fully saturated rings. The molecule has 2 aliphatic rings. The third-order valence-electron chi connectivity index (χ3n) is 4.27. The van der Waals surface area contributed by atoms with E-state index in [1.165, 1.54) is 4.90 Å². The summed E-state index contributed by atoms with van der Waals surface area (Å²) in [4.78, 5) is 24.8. The van der Waals surface area contributed by atoms with E-state index in [0.29, 0.717) is 25.8 Å². The molecule has 2 rings (SSSR count). The van der Waals surface area contributed by atoms with E-state index >= 15 is 0 Å². The monoisotopic (exact) mass is 318 g/mol. The summed E-state index contributed by atoms with van der Waals surface area (Å²) < 4.78 is 23.1. The van der Waals surface area contributed by atoms with Gasteiger partial charge in [-0.25, -0.2) is 13.2 Å². The van der Waals surface area contributed by atoms with Gasteiger partial charge < -0.3 is 15.3 Å². The van der Waals surface area contributed by atoms with Gasteiger partial charge in [0.1, 0.15) is 0 Å². The zero-order valence-corrected chi connectivity index (χ0v) is 12.8. The Morgan fingerprint density at radius 3 is 2.38 bits per heavy atom. The Morgan fingerprint density at radius 1 is 1.10 bits per heavy atom. The van der Waals surface area contributed by atoms with Gasteiger partial charge in [-0.15, -0.1) is 0 Å². The third kappa shape index (κ3) is 4.33. The van der Waals surface area contributed by atoms with Crippen molar-refractivity contribution in [3.05, 3.63) is 0 Å². The van der Waals surface area contributed by atoms with E-state index in [4.69, 9.17) is 5.11 Å². The van der Waals surface area contributed by atoms with Gasteiger partial charge in [-0.2, -0.15) is 0 Å². The van der Waals surface area contributed by atoms with Gasteiger partial charge in [0.05, 0.1) is 23.5 Å². The number of carbonyl (C=O) groups is 2. The Labute approximate surface area is 124 Å². The molecule has 1 aliphatic heterocycles. The zero-order valence-electron chi connectivity index (χ0n) is 12.0. The number of sulfone groups is 1. The first-order chi connectivity index (χ1) is 9.82. The average molecular weight is 318 g/mol. The number of hydrogen-bond donors (Lipinski definition) is 2. The van der Waals surface area contributed by atoms with Crippen LogP contribution in [-0.4, -0.2) is 60.6 Å². The van der Waals surface area contributed by atoms with Crippen LogP contribution in [0, 0.1) is 0 Å². The number of carbonyl (C=O) groups excluding carboxylic acids is 1. The van der Waals surface area contributed by atoms with Crippen LogP contribution in [0.5, 0.6) is 0 Å². The van der Waals surface area contributed by atoms with Crippen molar-refractivity contribution in [1.82, 2.24) is 10.2 Å². The van der Waals surface area contributed by atoms with Crippen molar-refractivity contribution in [2.24, 2.45) is 0 Å². The first kappa shape index (κ1) is 16.1. The number of carboxylic acid groups (broad SMARTS) is 1. The minimum absolute atomic E-state index is 0.0215. The molecule has 1 saturated heterocycles. The molecule has 21 heavy (non-hydrogen) atoms. The second-order valence-corrected chi connectivity index (χ2v) is 8.28.